The van der Waals surface area contributed by atoms with E-state index in [1.807, 2.05) is 0 Å². The van der Waals surface area contributed by atoms with Crippen LogP contribution >= 0.6 is 55.4 Å². The van der Waals surface area contributed by atoms with Crippen LogP contribution in [0.4, 0.5) is 0 Å². The summed E-state index contributed by atoms with van der Waals surface area (Å²) in [6, 6.07) is 0. The molecule has 0 unspecified atom stereocenters. The molecule has 0 aliphatic heterocycles. The Morgan fingerprint density at radius 1 is 1.22 bits per heavy atom. The minimum Gasteiger partial charge on any atom is -0.291 e. The van der Waals surface area contributed by atoms with E-state index in [1.165, 1.54) is 4.23 Å². The van der Waals surface area contributed by atoms with Crippen molar-refractivity contribution in [2.45, 2.75) is 0 Å². The summed E-state index contributed by atoms with van der Waals surface area (Å²) in [5.74, 6) is 0. The Balaban J connectivity index is 3.88. The molecule has 0 bridgehead atoms. The highest BCUT2D eigenvalue weighted by molar-refractivity contribution is 7.66. The highest BCUT2D eigenvalue weighted by Gasteiger charge is 2.35. The number of nitrogens with zero attached hydrogens (tertiary/aromatic N) is 1. The molecule has 56 valence electrons. The summed E-state index contributed by atoms with van der Waals surface area (Å²) in [5.41, 5.74) is 0. The molecular formula is CH4Cl5NSi2. The zero-order chi connectivity index (χ0) is 7.65. The van der Waals surface area contributed by atoms with E-state index < -0.39 is 13.7 Å². The lowest BCUT2D eigenvalue weighted by Crippen LogP contribution is -2.42. The Hall–Kier alpha value is 1.84. The molecule has 0 saturated heterocycles. The molecule has 8 heteroatoms. The fraction of sp³-hybridized carbons (Fsp3) is 1.00. The van der Waals surface area contributed by atoms with E-state index in [2.05, 4.69) is 0 Å². The van der Waals surface area contributed by atoms with Crippen molar-refractivity contribution in [3.05, 3.63) is 0 Å². The smallest absolute Gasteiger partial charge is 0.291 e. The Kier molecular flexibility index (Phi) is 4.84. The molecule has 0 saturated carbocycles. The van der Waals surface area contributed by atoms with Crippen molar-refractivity contribution < 1.29 is 0 Å². The molecule has 0 fully saturated rings. The largest absolute Gasteiger partial charge is 0.419 e. The molecule has 0 atom stereocenters. The maximum absolute atomic E-state index is 5.54. The molecule has 0 aromatic heterocycles. The normalized spacial score (nSPS) is 13.3. The average Bonchev–Trinajstić information content (AvgIpc) is 1.62. The first-order valence-corrected chi connectivity index (χ1v) is 10.9. The monoisotopic (exact) mass is 261 g/mol. The predicted molar refractivity (Wildman–Crippen MR) is 49.9 cm³/mol. The summed E-state index contributed by atoms with van der Waals surface area (Å²) in [5, 5.41) is 0. The lowest BCUT2D eigenvalue weighted by Gasteiger charge is -2.21. The summed E-state index contributed by atoms with van der Waals surface area (Å²) in [4.78, 5) is 0. The van der Waals surface area contributed by atoms with Gasteiger partial charge in [-0.15, -0.1) is 55.4 Å². The van der Waals surface area contributed by atoms with E-state index in [0.717, 1.165) is 0 Å². The van der Waals surface area contributed by atoms with E-state index >= 15 is 0 Å². The molecule has 0 aromatic carbocycles. The molecule has 0 rings (SSSR count). The van der Waals surface area contributed by atoms with Crippen LogP contribution in [0, 0.1) is 0 Å². The molecule has 0 amide bonds. The first-order chi connectivity index (χ1) is 3.85. The van der Waals surface area contributed by atoms with Gasteiger partial charge in [0.2, 0.25) is 0 Å². The van der Waals surface area contributed by atoms with Crippen molar-refractivity contribution in [3.63, 3.8) is 0 Å². The van der Waals surface area contributed by atoms with Crippen LogP contribution in [0.15, 0.2) is 0 Å². The van der Waals surface area contributed by atoms with Crippen molar-refractivity contribution in [3.8, 4) is 0 Å². The van der Waals surface area contributed by atoms with E-state index in [9.17, 15) is 0 Å². The van der Waals surface area contributed by atoms with Crippen molar-refractivity contribution in [1.29, 1.82) is 0 Å². The second-order valence-corrected chi connectivity index (χ2v) is 14.7. The molecule has 0 aromatic rings. The lowest BCUT2D eigenvalue weighted by atomic mass is 11.6. The summed E-state index contributed by atoms with van der Waals surface area (Å²) >= 11 is 27.7. The Morgan fingerprint density at radius 2 is 1.56 bits per heavy atom. The Bertz CT molecular complexity index is 89.4. The molecule has 0 aliphatic carbocycles. The second kappa shape index (κ2) is 4.02. The summed E-state index contributed by atoms with van der Waals surface area (Å²) in [6.45, 7) is 0. The van der Waals surface area contributed by atoms with Crippen LogP contribution in [0.3, 0.4) is 0 Å². The molecule has 0 heterocycles. The first kappa shape index (κ1) is 10.8. The average molecular weight is 263 g/mol. The minimum absolute atomic E-state index is 1.46. The topological polar surface area (TPSA) is 3.24 Å². The predicted octanol–water partition coefficient (Wildman–Crippen LogP) is 2.27. The third-order valence-electron chi connectivity index (χ3n) is 0.693. The van der Waals surface area contributed by atoms with Gasteiger partial charge in [-0.3, -0.25) is 4.23 Å². The highest BCUT2D eigenvalue weighted by Crippen LogP contribution is 2.25. The third-order valence-corrected chi connectivity index (χ3v) is 10.6. The van der Waals surface area contributed by atoms with Gasteiger partial charge in [0.15, 0.2) is 0 Å². The fourth-order valence-corrected chi connectivity index (χ4v) is 8.96. The van der Waals surface area contributed by atoms with Crippen molar-refractivity contribution in [2.75, 3.05) is 7.05 Å². The molecule has 0 radical (unpaired) electrons. The van der Waals surface area contributed by atoms with Gasteiger partial charge in [0, 0.05) is 0 Å². The standard InChI is InChI=1S/CH4Cl5NSi2/c1-7(8(2)3)9(4,5)6/h8H,1H3. The van der Waals surface area contributed by atoms with Crippen molar-refractivity contribution in [2.24, 2.45) is 0 Å². The van der Waals surface area contributed by atoms with Crippen molar-refractivity contribution >= 4 is 69.1 Å². The summed E-state index contributed by atoms with van der Waals surface area (Å²) < 4.78 is 1.46. The van der Waals surface area contributed by atoms with Crippen LogP contribution in [-0.4, -0.2) is 25.0 Å². The van der Waals surface area contributed by atoms with E-state index in [-0.39, 0.29) is 0 Å². The van der Waals surface area contributed by atoms with Crippen molar-refractivity contribution in [1.82, 2.24) is 4.23 Å². The highest BCUT2D eigenvalue weighted by atomic mass is 35.8. The summed E-state index contributed by atoms with van der Waals surface area (Å²) in [7, 11) is -0.325. The van der Waals surface area contributed by atoms with Gasteiger partial charge >= 0.3 is 13.7 Å². The Morgan fingerprint density at radius 3 is 1.56 bits per heavy atom. The Labute approximate surface area is 80.1 Å². The van der Waals surface area contributed by atoms with Gasteiger partial charge in [-0.25, -0.2) is 0 Å². The minimum atomic E-state index is -2.78. The van der Waals surface area contributed by atoms with Crippen LogP contribution in [-0.2, 0) is 0 Å². The van der Waals surface area contributed by atoms with Gasteiger partial charge in [0.05, 0.1) is 0 Å². The molecule has 0 N–H and O–H groups in total. The van der Waals surface area contributed by atoms with E-state index in [1.54, 1.807) is 7.05 Å². The van der Waals surface area contributed by atoms with Gasteiger partial charge in [0.1, 0.15) is 0 Å². The molecule has 1 nitrogen and oxygen atoms in total. The lowest BCUT2D eigenvalue weighted by molar-refractivity contribution is 0.857. The zero-order valence-electron chi connectivity index (χ0n) is 4.41. The third kappa shape index (κ3) is 4.32. The number of rotatable bonds is 2. The number of hydrogen-bond acceptors (Lipinski definition) is 1. The maximum Gasteiger partial charge on any atom is 0.419 e. The van der Waals surface area contributed by atoms with Gasteiger partial charge in [-0.1, -0.05) is 0 Å². The number of halogens is 5. The fourth-order valence-electron chi connectivity index (χ4n) is 0.111. The molecule has 0 spiro atoms. The van der Waals surface area contributed by atoms with Gasteiger partial charge < -0.3 is 0 Å². The summed E-state index contributed by atoms with van der Waals surface area (Å²) in [6.07, 6.45) is -2.78. The number of hydrogen-bond donors (Lipinski definition) is 0. The molecule has 9 heavy (non-hydrogen) atoms. The van der Waals surface area contributed by atoms with Crippen LogP contribution in [0.25, 0.3) is 0 Å². The maximum atomic E-state index is 5.54. The van der Waals surface area contributed by atoms with E-state index in [0.29, 0.717) is 0 Å². The second-order valence-electron chi connectivity index (χ2n) is 1.36. The van der Waals surface area contributed by atoms with Crippen LogP contribution in [0.2, 0.25) is 0 Å². The van der Waals surface area contributed by atoms with E-state index in [4.69, 9.17) is 55.4 Å². The zero-order valence-corrected chi connectivity index (χ0v) is 10.3. The quantitative estimate of drug-likeness (QED) is 0.546. The first-order valence-electron chi connectivity index (χ1n) is 1.93. The van der Waals surface area contributed by atoms with Crippen LogP contribution in [0.1, 0.15) is 0 Å². The van der Waals surface area contributed by atoms with Gasteiger partial charge in [0.25, 0.3) is 0 Å². The van der Waals surface area contributed by atoms with Crippen LogP contribution < -0.4 is 0 Å². The van der Waals surface area contributed by atoms with Gasteiger partial charge in [-0.2, -0.15) is 0 Å². The SMILES string of the molecule is CN([SiH](Cl)Cl)[Si](Cl)(Cl)Cl. The molecular weight excluding hydrogens is 259 g/mol. The molecule has 0 aliphatic rings. The van der Waals surface area contributed by atoms with Gasteiger partial charge in [-0.05, 0) is 7.05 Å². The van der Waals surface area contributed by atoms with Crippen LogP contribution in [0.5, 0.6) is 0 Å².